The first-order chi connectivity index (χ1) is 8.60. The Balaban J connectivity index is 3.69. The SMILES string of the molecule is N#Cc1ccc(CN)c(S(=O)(=O)Cl)c1OC(F)(F)F. The predicted octanol–water partition coefficient (Wildman–Crippen LogP) is 1.84. The van der Waals surface area contributed by atoms with Gasteiger partial charge < -0.3 is 10.5 Å². The van der Waals surface area contributed by atoms with E-state index in [-0.39, 0.29) is 12.1 Å². The van der Waals surface area contributed by atoms with E-state index in [1.165, 1.54) is 6.07 Å². The van der Waals surface area contributed by atoms with Gasteiger partial charge in [-0.25, -0.2) is 8.42 Å². The van der Waals surface area contributed by atoms with Gasteiger partial charge in [0.25, 0.3) is 9.05 Å². The van der Waals surface area contributed by atoms with Gasteiger partial charge in [-0.2, -0.15) is 5.26 Å². The van der Waals surface area contributed by atoms with Crippen molar-refractivity contribution in [3.63, 3.8) is 0 Å². The third kappa shape index (κ3) is 3.73. The molecule has 19 heavy (non-hydrogen) atoms. The highest BCUT2D eigenvalue weighted by Crippen LogP contribution is 2.36. The summed E-state index contributed by atoms with van der Waals surface area (Å²) in [6.45, 7) is -0.388. The highest BCUT2D eigenvalue weighted by molar-refractivity contribution is 8.13. The molecule has 0 saturated heterocycles. The highest BCUT2D eigenvalue weighted by Gasteiger charge is 2.36. The Morgan fingerprint density at radius 2 is 2.00 bits per heavy atom. The standard InChI is InChI=1S/C9H6ClF3N2O3S/c10-19(16,17)8-6(4-15)2-1-5(3-14)7(8)18-9(11,12)13/h1-2H,4,15H2. The van der Waals surface area contributed by atoms with Crippen LogP contribution < -0.4 is 10.5 Å². The quantitative estimate of drug-likeness (QED) is 0.859. The first-order valence-electron chi connectivity index (χ1n) is 4.56. The number of halogens is 4. The summed E-state index contributed by atoms with van der Waals surface area (Å²) >= 11 is 0. The zero-order chi connectivity index (χ0) is 14.8. The van der Waals surface area contributed by atoms with E-state index in [1.54, 1.807) is 0 Å². The minimum absolute atomic E-state index is 0.187. The summed E-state index contributed by atoms with van der Waals surface area (Å²) in [5, 5.41) is 8.70. The molecule has 0 radical (unpaired) electrons. The molecule has 10 heteroatoms. The molecule has 0 spiro atoms. The lowest BCUT2D eigenvalue weighted by atomic mass is 10.1. The van der Waals surface area contributed by atoms with Gasteiger partial charge in [-0.15, -0.1) is 13.2 Å². The van der Waals surface area contributed by atoms with Crippen LogP contribution in [-0.2, 0) is 15.6 Å². The van der Waals surface area contributed by atoms with E-state index in [2.05, 4.69) is 4.74 Å². The van der Waals surface area contributed by atoms with E-state index in [0.29, 0.717) is 0 Å². The van der Waals surface area contributed by atoms with E-state index < -0.39 is 31.6 Å². The number of ether oxygens (including phenoxy) is 1. The summed E-state index contributed by atoms with van der Waals surface area (Å²) in [6, 6.07) is 3.45. The van der Waals surface area contributed by atoms with Gasteiger partial charge in [-0.3, -0.25) is 0 Å². The van der Waals surface area contributed by atoms with E-state index in [1.807, 2.05) is 0 Å². The molecule has 1 aromatic carbocycles. The summed E-state index contributed by atoms with van der Waals surface area (Å²) in [6.07, 6.45) is -5.17. The van der Waals surface area contributed by atoms with Crippen LogP contribution in [0.15, 0.2) is 17.0 Å². The number of nitriles is 1. The third-order valence-electron chi connectivity index (χ3n) is 2.00. The Hall–Kier alpha value is -1.50. The number of hydrogen-bond acceptors (Lipinski definition) is 5. The van der Waals surface area contributed by atoms with Gasteiger partial charge in [0.15, 0.2) is 5.75 Å². The summed E-state index contributed by atoms with van der Waals surface area (Å²) in [4.78, 5) is -0.951. The van der Waals surface area contributed by atoms with Crippen LogP contribution in [0.5, 0.6) is 5.75 Å². The van der Waals surface area contributed by atoms with Crippen molar-refractivity contribution in [2.45, 2.75) is 17.8 Å². The Bertz CT molecular complexity index is 637. The van der Waals surface area contributed by atoms with Gasteiger partial charge in [0.2, 0.25) is 0 Å². The van der Waals surface area contributed by atoms with Gasteiger partial charge >= 0.3 is 6.36 Å². The second kappa shape index (κ2) is 5.24. The minimum Gasteiger partial charge on any atom is -0.403 e. The van der Waals surface area contributed by atoms with E-state index in [0.717, 1.165) is 12.1 Å². The maximum Gasteiger partial charge on any atom is 0.573 e. The van der Waals surface area contributed by atoms with Crippen LogP contribution in [0, 0.1) is 11.3 Å². The molecule has 0 heterocycles. The van der Waals surface area contributed by atoms with Gasteiger partial charge in [-0.1, -0.05) is 6.07 Å². The number of nitrogens with zero attached hydrogens (tertiary/aromatic N) is 1. The zero-order valence-electron chi connectivity index (χ0n) is 9.03. The van der Waals surface area contributed by atoms with Crippen molar-refractivity contribution in [2.75, 3.05) is 0 Å². The molecule has 104 valence electrons. The summed E-state index contributed by atoms with van der Waals surface area (Å²) in [7, 11) is 0.500. The van der Waals surface area contributed by atoms with Crippen molar-refractivity contribution in [1.82, 2.24) is 0 Å². The average Bonchev–Trinajstić information content (AvgIpc) is 2.24. The van der Waals surface area contributed by atoms with E-state index in [4.69, 9.17) is 21.7 Å². The number of hydrogen-bond donors (Lipinski definition) is 1. The molecule has 0 aromatic heterocycles. The van der Waals surface area contributed by atoms with Gasteiger partial charge in [-0.05, 0) is 11.6 Å². The van der Waals surface area contributed by atoms with Crippen LogP contribution in [0.3, 0.4) is 0 Å². The molecule has 1 rings (SSSR count). The van der Waals surface area contributed by atoms with Crippen LogP contribution in [0.25, 0.3) is 0 Å². The Morgan fingerprint density at radius 1 is 1.42 bits per heavy atom. The molecule has 0 aliphatic rings. The molecule has 0 aliphatic carbocycles. The molecule has 0 amide bonds. The van der Waals surface area contributed by atoms with Crippen molar-refractivity contribution < 1.29 is 26.3 Å². The summed E-state index contributed by atoms with van der Waals surface area (Å²) in [5.41, 5.74) is 4.42. The molecule has 5 nitrogen and oxygen atoms in total. The van der Waals surface area contributed by atoms with Crippen LogP contribution >= 0.6 is 10.7 Å². The third-order valence-corrected chi connectivity index (χ3v) is 3.39. The average molecular weight is 315 g/mol. The lowest BCUT2D eigenvalue weighted by molar-refractivity contribution is -0.275. The first kappa shape index (κ1) is 15.6. The van der Waals surface area contributed by atoms with E-state index in [9.17, 15) is 21.6 Å². The predicted molar refractivity (Wildman–Crippen MR) is 58.8 cm³/mol. The van der Waals surface area contributed by atoms with Crippen molar-refractivity contribution in [3.05, 3.63) is 23.3 Å². The summed E-state index contributed by atoms with van der Waals surface area (Å²) < 4.78 is 63.0. The fraction of sp³-hybridized carbons (Fsp3) is 0.222. The molecule has 1 aromatic rings. The number of rotatable bonds is 3. The molecule has 0 bridgehead atoms. The van der Waals surface area contributed by atoms with E-state index >= 15 is 0 Å². The molecular weight excluding hydrogens is 309 g/mol. The first-order valence-corrected chi connectivity index (χ1v) is 6.87. The van der Waals surface area contributed by atoms with Gasteiger partial charge in [0, 0.05) is 17.2 Å². The molecule has 2 N–H and O–H groups in total. The largest absolute Gasteiger partial charge is 0.573 e. The smallest absolute Gasteiger partial charge is 0.403 e. The molecule has 0 saturated carbocycles. The maximum absolute atomic E-state index is 12.3. The van der Waals surface area contributed by atoms with Crippen LogP contribution in [-0.4, -0.2) is 14.8 Å². The van der Waals surface area contributed by atoms with Crippen LogP contribution in [0.2, 0.25) is 0 Å². The van der Waals surface area contributed by atoms with Crippen LogP contribution in [0.1, 0.15) is 11.1 Å². The number of nitrogens with two attached hydrogens (primary N) is 1. The Kier molecular flexibility index (Phi) is 4.29. The van der Waals surface area contributed by atoms with Gasteiger partial charge in [0.1, 0.15) is 11.0 Å². The second-order valence-electron chi connectivity index (χ2n) is 3.23. The maximum atomic E-state index is 12.3. The second-order valence-corrected chi connectivity index (χ2v) is 5.73. The van der Waals surface area contributed by atoms with Crippen molar-refractivity contribution >= 4 is 19.7 Å². The highest BCUT2D eigenvalue weighted by atomic mass is 35.7. The molecular formula is C9H6ClF3N2O3S. The van der Waals surface area contributed by atoms with Crippen LogP contribution in [0.4, 0.5) is 13.2 Å². The monoisotopic (exact) mass is 314 g/mol. The minimum atomic E-state index is -5.17. The molecule has 0 fully saturated rings. The fourth-order valence-electron chi connectivity index (χ4n) is 1.34. The van der Waals surface area contributed by atoms with Crippen molar-refractivity contribution in [3.8, 4) is 11.8 Å². The van der Waals surface area contributed by atoms with Crippen molar-refractivity contribution in [1.29, 1.82) is 5.26 Å². The fourth-order valence-corrected chi connectivity index (χ4v) is 2.68. The lowest BCUT2D eigenvalue weighted by Crippen LogP contribution is -2.20. The summed E-state index contributed by atoms with van der Waals surface area (Å²) in [5.74, 6) is -1.17. The molecule has 0 atom stereocenters. The molecule has 0 aliphatic heterocycles. The lowest BCUT2D eigenvalue weighted by Gasteiger charge is -2.15. The number of benzene rings is 1. The number of alkyl halides is 3. The normalized spacial score (nSPS) is 12.0. The van der Waals surface area contributed by atoms with Crippen molar-refractivity contribution in [2.24, 2.45) is 5.73 Å². The molecule has 0 unspecified atom stereocenters. The zero-order valence-corrected chi connectivity index (χ0v) is 10.6. The van der Waals surface area contributed by atoms with Gasteiger partial charge in [0.05, 0.1) is 5.56 Å². The Labute approximate surface area is 110 Å². The topological polar surface area (TPSA) is 93.2 Å². The Morgan fingerprint density at radius 3 is 2.37 bits per heavy atom.